The van der Waals surface area contributed by atoms with E-state index in [-0.39, 0.29) is 27.7 Å². The first-order valence-corrected chi connectivity index (χ1v) is 6.41. The smallest absolute Gasteiger partial charge is 0.282 e. The molecule has 0 aliphatic heterocycles. The Hall–Kier alpha value is 0.0343. The minimum Gasteiger partial charge on any atom is -0.282 e. The third-order valence-electron chi connectivity index (χ3n) is 2.33. The summed E-state index contributed by atoms with van der Waals surface area (Å²) in [6.07, 6.45) is 0. The predicted octanol–water partition coefficient (Wildman–Crippen LogP) is -0.178. The Kier molecular flexibility index (Phi) is 5.06. The third-order valence-corrected chi connectivity index (χ3v) is 5.78. The van der Waals surface area contributed by atoms with Gasteiger partial charge in [-0.25, -0.2) is 0 Å². The molecule has 0 aliphatic rings. The summed E-state index contributed by atoms with van der Waals surface area (Å²) < 4.78 is 0. The molecule has 2 heteroatoms. The first kappa shape index (κ1) is 13.0. The van der Waals surface area contributed by atoms with Crippen molar-refractivity contribution in [3.8, 4) is 0 Å². The van der Waals surface area contributed by atoms with Gasteiger partial charge in [-0.3, -0.25) is 8.80 Å². The molecule has 13 heavy (non-hydrogen) atoms. The fourth-order valence-corrected chi connectivity index (χ4v) is 2.68. The molecule has 0 aromatic heterocycles. The van der Waals surface area contributed by atoms with Gasteiger partial charge in [0.2, 0.25) is 0 Å². The summed E-state index contributed by atoms with van der Waals surface area (Å²) in [5, 5.41) is 2.00. The van der Waals surface area contributed by atoms with Gasteiger partial charge in [-0.2, -0.15) is 16.8 Å². The van der Waals surface area contributed by atoms with Crippen LogP contribution < -0.4 is 24.0 Å². The molecule has 0 radical (unpaired) electrons. The van der Waals surface area contributed by atoms with Gasteiger partial charge in [0.15, 0.2) is 0 Å². The average molecular weight is 184 g/mol. The standard InChI is InChI=1S/C11H17Si.Li/c1-11(2,3)12(4)10-8-6-5-7-9-10;/h5-9H,1-4H3;/q-1;+1. The molecule has 0 nitrogen and oxygen atoms in total. The van der Waals surface area contributed by atoms with Crippen molar-refractivity contribution in [3.05, 3.63) is 30.3 Å². The van der Waals surface area contributed by atoms with E-state index in [0.29, 0.717) is 5.04 Å². The van der Waals surface area contributed by atoms with Gasteiger partial charge in [-0.05, 0) is 0 Å². The number of hydrogen-bond donors (Lipinski definition) is 0. The van der Waals surface area contributed by atoms with E-state index in [9.17, 15) is 0 Å². The first-order chi connectivity index (χ1) is 5.52. The molecule has 0 bridgehead atoms. The minimum atomic E-state index is -0.383. The van der Waals surface area contributed by atoms with Crippen molar-refractivity contribution >= 4 is 14.0 Å². The molecule has 0 heterocycles. The molecule has 0 spiro atoms. The quantitative estimate of drug-likeness (QED) is 0.531. The Morgan fingerprint density at radius 2 is 1.46 bits per heavy atom. The maximum Gasteiger partial charge on any atom is 1.00 e. The van der Waals surface area contributed by atoms with Crippen LogP contribution in [-0.4, -0.2) is 8.80 Å². The van der Waals surface area contributed by atoms with Crippen LogP contribution >= 0.6 is 0 Å². The van der Waals surface area contributed by atoms with E-state index in [1.165, 1.54) is 5.19 Å². The monoisotopic (exact) mass is 184 g/mol. The molecule has 66 valence electrons. The summed E-state index contributed by atoms with van der Waals surface area (Å²) in [7, 11) is -0.383. The normalized spacial score (nSPS) is 10.5. The van der Waals surface area contributed by atoms with Gasteiger partial charge in [0, 0.05) is 0 Å². The van der Waals surface area contributed by atoms with E-state index >= 15 is 0 Å². The van der Waals surface area contributed by atoms with Crippen molar-refractivity contribution in [1.29, 1.82) is 0 Å². The van der Waals surface area contributed by atoms with Crippen LogP contribution in [0.4, 0.5) is 0 Å². The average Bonchev–Trinajstić information content (AvgIpc) is 2.03. The van der Waals surface area contributed by atoms with Crippen molar-refractivity contribution in [1.82, 2.24) is 0 Å². The molecule has 0 amide bonds. The van der Waals surface area contributed by atoms with Crippen molar-refractivity contribution in [2.75, 3.05) is 0 Å². The second-order valence-electron chi connectivity index (χ2n) is 4.24. The van der Waals surface area contributed by atoms with E-state index in [4.69, 9.17) is 0 Å². The molecular formula is C11H17LiSi. The Balaban J connectivity index is 0.00000144. The van der Waals surface area contributed by atoms with E-state index in [0.717, 1.165) is 0 Å². The van der Waals surface area contributed by atoms with E-state index in [1.807, 2.05) is 0 Å². The zero-order chi connectivity index (χ0) is 9.19. The number of rotatable bonds is 1. The van der Waals surface area contributed by atoms with Crippen LogP contribution in [0.1, 0.15) is 20.8 Å². The summed E-state index contributed by atoms with van der Waals surface area (Å²) in [6, 6.07) is 10.9. The molecule has 0 aliphatic carbocycles. The Labute approximate surface area is 95.5 Å². The summed E-state index contributed by atoms with van der Waals surface area (Å²) in [5.41, 5.74) is 0. The molecule has 1 aromatic rings. The Morgan fingerprint density at radius 1 is 1.00 bits per heavy atom. The maximum atomic E-state index is 2.39. The molecule has 0 unspecified atom stereocenters. The molecule has 0 saturated heterocycles. The number of hydrogen-bond acceptors (Lipinski definition) is 0. The Bertz CT molecular complexity index is 238. The fraction of sp³-hybridized carbons (Fsp3) is 0.455. The molecule has 0 fully saturated rings. The SMILES string of the molecule is C[Si-](c1ccccc1)C(C)(C)C.[Li+]. The third kappa shape index (κ3) is 3.73. The van der Waals surface area contributed by atoms with Crippen LogP contribution in [0.5, 0.6) is 0 Å². The second kappa shape index (κ2) is 5.05. The van der Waals surface area contributed by atoms with Crippen LogP contribution in [0.15, 0.2) is 30.3 Å². The molecule has 0 atom stereocenters. The van der Waals surface area contributed by atoms with Gasteiger partial charge in [0.25, 0.3) is 0 Å². The van der Waals surface area contributed by atoms with Crippen molar-refractivity contribution in [2.45, 2.75) is 32.4 Å². The van der Waals surface area contributed by atoms with E-state index < -0.39 is 0 Å². The minimum absolute atomic E-state index is 0. The van der Waals surface area contributed by atoms with Crippen molar-refractivity contribution in [3.63, 3.8) is 0 Å². The van der Waals surface area contributed by atoms with Crippen LogP contribution in [-0.2, 0) is 0 Å². The zero-order valence-electron chi connectivity index (χ0n) is 9.39. The van der Waals surface area contributed by atoms with Gasteiger partial charge in [0.05, 0.1) is 0 Å². The van der Waals surface area contributed by atoms with Crippen LogP contribution in [0.3, 0.4) is 0 Å². The second-order valence-corrected chi connectivity index (χ2v) is 7.57. The summed E-state index contributed by atoms with van der Waals surface area (Å²) in [5.74, 6) is 0. The predicted molar refractivity (Wildman–Crippen MR) is 57.4 cm³/mol. The van der Waals surface area contributed by atoms with Crippen molar-refractivity contribution in [2.24, 2.45) is 0 Å². The maximum absolute atomic E-state index is 2.39. The fourth-order valence-electron chi connectivity index (χ4n) is 1.12. The van der Waals surface area contributed by atoms with E-state index in [1.54, 1.807) is 0 Å². The van der Waals surface area contributed by atoms with Gasteiger partial charge in [-0.15, -0.1) is 0 Å². The zero-order valence-corrected chi connectivity index (χ0v) is 10.4. The first-order valence-electron chi connectivity index (χ1n) is 4.41. The summed E-state index contributed by atoms with van der Waals surface area (Å²) in [4.78, 5) is 0. The molecule has 1 aromatic carbocycles. The van der Waals surface area contributed by atoms with Crippen molar-refractivity contribution < 1.29 is 18.9 Å². The topological polar surface area (TPSA) is 0 Å². The van der Waals surface area contributed by atoms with Gasteiger partial charge < -0.3 is 0 Å². The Morgan fingerprint density at radius 3 is 1.85 bits per heavy atom. The number of benzene rings is 1. The van der Waals surface area contributed by atoms with E-state index in [2.05, 4.69) is 57.7 Å². The molecule has 1 rings (SSSR count). The van der Waals surface area contributed by atoms with Gasteiger partial charge in [-0.1, -0.05) is 51.1 Å². The largest absolute Gasteiger partial charge is 1.00 e. The summed E-state index contributed by atoms with van der Waals surface area (Å²) in [6.45, 7) is 9.37. The van der Waals surface area contributed by atoms with Crippen LogP contribution in [0.2, 0.25) is 11.6 Å². The molecule has 0 saturated carbocycles. The van der Waals surface area contributed by atoms with Gasteiger partial charge >= 0.3 is 18.9 Å². The molecular weight excluding hydrogens is 167 g/mol. The molecule has 0 N–H and O–H groups in total. The van der Waals surface area contributed by atoms with Crippen LogP contribution in [0, 0.1) is 0 Å². The summed E-state index contributed by atoms with van der Waals surface area (Å²) >= 11 is 0. The van der Waals surface area contributed by atoms with Gasteiger partial charge in [0.1, 0.15) is 0 Å². The van der Waals surface area contributed by atoms with Crippen LogP contribution in [0.25, 0.3) is 0 Å².